The van der Waals surface area contributed by atoms with Gasteiger partial charge in [-0.15, -0.1) is 0 Å². The molecule has 6 nitrogen and oxygen atoms in total. The molecule has 0 aliphatic carbocycles. The summed E-state index contributed by atoms with van der Waals surface area (Å²) in [5.41, 5.74) is -0.128. The number of anilines is 1. The number of nitrogens with one attached hydrogen (secondary N) is 1. The van der Waals surface area contributed by atoms with Crippen LogP contribution in [0, 0.1) is 0 Å². The quantitative estimate of drug-likeness (QED) is 0.906. The molecule has 0 amide bonds. The molecular weight excluding hydrogens is 256 g/mol. The first kappa shape index (κ1) is 13.3. The maximum atomic E-state index is 5.80. The van der Waals surface area contributed by atoms with Crippen LogP contribution >= 0.6 is 11.6 Å². The zero-order valence-corrected chi connectivity index (χ0v) is 11.5. The number of hydrogen-bond donors (Lipinski definition) is 1. The lowest BCUT2D eigenvalue weighted by molar-refractivity contribution is -0.0554. The van der Waals surface area contributed by atoms with E-state index in [1.165, 1.54) is 7.11 Å². The van der Waals surface area contributed by atoms with Gasteiger partial charge >= 0.3 is 6.01 Å². The molecule has 100 valence electrons. The van der Waals surface area contributed by atoms with Gasteiger partial charge in [-0.1, -0.05) is 0 Å². The zero-order valence-electron chi connectivity index (χ0n) is 10.7. The smallest absolute Gasteiger partial charge is 0.322 e. The van der Waals surface area contributed by atoms with Crippen molar-refractivity contribution < 1.29 is 9.47 Å². The average Bonchev–Trinajstić information content (AvgIpc) is 2.26. The van der Waals surface area contributed by atoms with Crippen molar-refractivity contribution in [2.75, 3.05) is 19.0 Å². The Hall–Kier alpha value is -1.14. The molecule has 1 unspecified atom stereocenters. The van der Waals surface area contributed by atoms with Crippen LogP contribution in [0.4, 0.5) is 5.95 Å². The molecule has 1 aromatic heterocycles. The van der Waals surface area contributed by atoms with E-state index in [0.29, 0.717) is 5.95 Å². The summed E-state index contributed by atoms with van der Waals surface area (Å²) in [5, 5.41) is 3.37. The molecule has 1 saturated heterocycles. The molecule has 1 N–H and O–H groups in total. The van der Waals surface area contributed by atoms with Gasteiger partial charge < -0.3 is 14.8 Å². The monoisotopic (exact) mass is 272 g/mol. The second-order valence-electron chi connectivity index (χ2n) is 4.86. The summed E-state index contributed by atoms with van der Waals surface area (Å²) in [7, 11) is 1.49. The molecule has 0 bridgehead atoms. The lowest BCUT2D eigenvalue weighted by Crippen LogP contribution is -2.40. The van der Waals surface area contributed by atoms with Crippen molar-refractivity contribution in [1.29, 1.82) is 0 Å². The van der Waals surface area contributed by atoms with E-state index in [0.717, 1.165) is 19.4 Å². The van der Waals surface area contributed by atoms with E-state index in [1.807, 2.05) is 0 Å². The van der Waals surface area contributed by atoms with Crippen molar-refractivity contribution in [2.24, 2.45) is 0 Å². The summed E-state index contributed by atoms with van der Waals surface area (Å²) in [6.07, 6.45) is 1.80. The third-order valence-corrected chi connectivity index (χ3v) is 2.97. The lowest BCUT2D eigenvalue weighted by atomic mass is 9.94. The molecule has 18 heavy (non-hydrogen) atoms. The molecule has 0 saturated carbocycles. The van der Waals surface area contributed by atoms with Gasteiger partial charge in [0, 0.05) is 12.6 Å². The number of rotatable bonds is 3. The highest BCUT2D eigenvalue weighted by Crippen LogP contribution is 2.26. The van der Waals surface area contributed by atoms with Crippen molar-refractivity contribution in [1.82, 2.24) is 15.0 Å². The molecule has 1 aliphatic heterocycles. The van der Waals surface area contributed by atoms with Gasteiger partial charge in [0.25, 0.3) is 0 Å². The number of ether oxygens (including phenoxy) is 2. The van der Waals surface area contributed by atoms with Crippen molar-refractivity contribution in [3.05, 3.63) is 5.28 Å². The Balaban J connectivity index is 2.07. The first-order chi connectivity index (χ1) is 8.48. The van der Waals surface area contributed by atoms with E-state index in [9.17, 15) is 0 Å². The van der Waals surface area contributed by atoms with Gasteiger partial charge in [0.1, 0.15) is 0 Å². The fourth-order valence-electron chi connectivity index (χ4n) is 2.03. The normalized spacial score (nSPS) is 22.6. The van der Waals surface area contributed by atoms with Crippen LogP contribution in [-0.2, 0) is 4.74 Å². The maximum absolute atomic E-state index is 5.80. The van der Waals surface area contributed by atoms with Crippen LogP contribution in [0.5, 0.6) is 6.01 Å². The summed E-state index contributed by atoms with van der Waals surface area (Å²) in [5.74, 6) is 0.439. The standard InChI is InChI=1S/C11H17ClN4O2/c1-11(2)6-7(4-5-18-11)13-9-14-8(12)15-10(16-9)17-3/h7H,4-6H2,1-3H3,(H,13,14,15,16). The van der Waals surface area contributed by atoms with Crippen LogP contribution in [0.3, 0.4) is 0 Å². The fraction of sp³-hybridized carbons (Fsp3) is 0.727. The summed E-state index contributed by atoms with van der Waals surface area (Å²) < 4.78 is 10.6. The number of nitrogens with zero attached hydrogens (tertiary/aromatic N) is 3. The summed E-state index contributed by atoms with van der Waals surface area (Å²) in [6.45, 7) is 4.87. The van der Waals surface area contributed by atoms with Crippen LogP contribution in [0.1, 0.15) is 26.7 Å². The first-order valence-electron chi connectivity index (χ1n) is 5.84. The van der Waals surface area contributed by atoms with Crippen LogP contribution in [0.25, 0.3) is 0 Å². The van der Waals surface area contributed by atoms with Crippen molar-refractivity contribution in [3.63, 3.8) is 0 Å². The number of methoxy groups -OCH3 is 1. The predicted octanol–water partition coefficient (Wildman–Crippen LogP) is 1.90. The van der Waals surface area contributed by atoms with Gasteiger partial charge in [-0.05, 0) is 38.3 Å². The largest absolute Gasteiger partial charge is 0.467 e. The molecule has 0 aromatic carbocycles. The molecule has 2 heterocycles. The second-order valence-corrected chi connectivity index (χ2v) is 5.20. The Labute approximate surface area is 111 Å². The van der Waals surface area contributed by atoms with E-state index < -0.39 is 0 Å². The number of halogens is 1. The highest BCUT2D eigenvalue weighted by molar-refractivity contribution is 6.28. The Morgan fingerprint density at radius 1 is 1.39 bits per heavy atom. The van der Waals surface area contributed by atoms with Crippen molar-refractivity contribution in [2.45, 2.75) is 38.3 Å². The van der Waals surface area contributed by atoms with Gasteiger partial charge in [-0.3, -0.25) is 0 Å². The van der Waals surface area contributed by atoms with Crippen LogP contribution < -0.4 is 10.1 Å². The lowest BCUT2D eigenvalue weighted by Gasteiger charge is -2.35. The van der Waals surface area contributed by atoms with Gasteiger partial charge in [0.15, 0.2) is 0 Å². The minimum atomic E-state index is -0.128. The van der Waals surface area contributed by atoms with Crippen LogP contribution in [-0.4, -0.2) is 40.3 Å². The number of hydrogen-bond acceptors (Lipinski definition) is 6. The van der Waals surface area contributed by atoms with Gasteiger partial charge in [-0.25, -0.2) is 0 Å². The third-order valence-electron chi connectivity index (χ3n) is 2.80. The average molecular weight is 273 g/mol. The molecular formula is C11H17ClN4O2. The van der Waals surface area contributed by atoms with E-state index >= 15 is 0 Å². The summed E-state index contributed by atoms with van der Waals surface area (Å²) in [4.78, 5) is 12.0. The van der Waals surface area contributed by atoms with Gasteiger partial charge in [0.2, 0.25) is 11.2 Å². The topological polar surface area (TPSA) is 69.2 Å². The van der Waals surface area contributed by atoms with E-state index in [2.05, 4.69) is 34.1 Å². The van der Waals surface area contributed by atoms with Crippen LogP contribution in [0.2, 0.25) is 5.28 Å². The van der Waals surface area contributed by atoms with Gasteiger partial charge in [0.05, 0.1) is 12.7 Å². The van der Waals surface area contributed by atoms with Crippen LogP contribution in [0.15, 0.2) is 0 Å². The van der Waals surface area contributed by atoms with E-state index in [4.69, 9.17) is 21.1 Å². The molecule has 1 aromatic rings. The maximum Gasteiger partial charge on any atom is 0.322 e. The third kappa shape index (κ3) is 3.43. The molecule has 0 radical (unpaired) electrons. The van der Waals surface area contributed by atoms with E-state index in [1.54, 1.807) is 0 Å². The molecule has 1 fully saturated rings. The molecule has 2 rings (SSSR count). The Bertz CT molecular complexity index is 428. The molecule has 1 atom stereocenters. The predicted molar refractivity (Wildman–Crippen MR) is 68.1 cm³/mol. The number of aromatic nitrogens is 3. The first-order valence-corrected chi connectivity index (χ1v) is 6.22. The Morgan fingerprint density at radius 3 is 2.83 bits per heavy atom. The van der Waals surface area contributed by atoms with Crippen molar-refractivity contribution in [3.8, 4) is 6.01 Å². The molecule has 7 heteroatoms. The SMILES string of the molecule is COc1nc(Cl)nc(NC2CCOC(C)(C)C2)n1. The van der Waals surface area contributed by atoms with Crippen molar-refractivity contribution >= 4 is 17.5 Å². The Kier molecular flexibility index (Phi) is 3.87. The fourth-order valence-corrected chi connectivity index (χ4v) is 2.18. The zero-order chi connectivity index (χ0) is 13.2. The minimum Gasteiger partial charge on any atom is -0.467 e. The highest BCUT2D eigenvalue weighted by Gasteiger charge is 2.29. The summed E-state index contributed by atoms with van der Waals surface area (Å²) >= 11 is 5.80. The molecule has 1 aliphatic rings. The van der Waals surface area contributed by atoms with E-state index in [-0.39, 0.29) is 22.9 Å². The molecule has 0 spiro atoms. The Morgan fingerprint density at radius 2 is 2.17 bits per heavy atom. The summed E-state index contributed by atoms with van der Waals surface area (Å²) in [6, 6.07) is 0.473. The minimum absolute atomic E-state index is 0.121. The second kappa shape index (κ2) is 5.24. The van der Waals surface area contributed by atoms with Gasteiger partial charge in [-0.2, -0.15) is 15.0 Å². The highest BCUT2D eigenvalue weighted by atomic mass is 35.5.